The van der Waals surface area contributed by atoms with Crippen LogP contribution in [0.3, 0.4) is 0 Å². The third-order valence-corrected chi connectivity index (χ3v) is 3.55. The normalized spacial score (nSPS) is 16.2. The van der Waals surface area contributed by atoms with Crippen LogP contribution in [0.4, 0.5) is 74.6 Å². The van der Waals surface area contributed by atoms with Gasteiger partial charge >= 0.3 is 47.6 Å². The van der Waals surface area contributed by atoms with E-state index in [9.17, 15) is 74.6 Å². The van der Waals surface area contributed by atoms with Gasteiger partial charge in [0.25, 0.3) is 0 Å². The molecule has 0 amide bonds. The van der Waals surface area contributed by atoms with Gasteiger partial charge in [0.05, 0.1) is 6.61 Å². The lowest BCUT2D eigenvalue weighted by Gasteiger charge is -2.42. The Morgan fingerprint density at radius 3 is 1.07 bits per heavy atom. The van der Waals surface area contributed by atoms with Crippen molar-refractivity contribution in [2.24, 2.45) is 0 Å². The van der Waals surface area contributed by atoms with Gasteiger partial charge in [-0.15, -0.1) is 0 Å². The van der Waals surface area contributed by atoms with E-state index < -0.39 is 67.3 Å². The van der Waals surface area contributed by atoms with Crippen molar-refractivity contribution >= 4 is 0 Å². The van der Waals surface area contributed by atoms with Gasteiger partial charge in [-0.3, -0.25) is 0 Å². The highest BCUT2D eigenvalue weighted by atomic mass is 19.4. The smallest absolute Gasteiger partial charge is 0.382 e. The fourth-order valence-electron chi connectivity index (χ4n) is 1.70. The summed E-state index contributed by atoms with van der Waals surface area (Å²) in [4.78, 5) is 0. The molecule has 0 aromatic carbocycles. The van der Waals surface area contributed by atoms with E-state index in [2.05, 4.69) is 4.74 Å². The summed E-state index contributed by atoms with van der Waals surface area (Å²) in [6, 6.07) is 0. The molecular formula is C12H9F17O. The quantitative estimate of drug-likeness (QED) is 0.253. The van der Waals surface area contributed by atoms with E-state index in [0.717, 1.165) is 6.92 Å². The third-order valence-electron chi connectivity index (χ3n) is 3.55. The first kappa shape index (κ1) is 28.8. The van der Waals surface area contributed by atoms with E-state index in [4.69, 9.17) is 0 Å². The van der Waals surface area contributed by atoms with E-state index in [1.54, 1.807) is 0 Å². The fourth-order valence-corrected chi connectivity index (χ4v) is 1.70. The Bertz CT molecular complexity index is 590. The maximum atomic E-state index is 13.3. The Labute approximate surface area is 155 Å². The summed E-state index contributed by atoms with van der Waals surface area (Å²) in [5, 5.41) is 0. The molecule has 0 heterocycles. The van der Waals surface area contributed by atoms with Gasteiger partial charge in [0.2, 0.25) is 0 Å². The molecule has 30 heavy (non-hydrogen) atoms. The zero-order chi connectivity index (χ0) is 24.8. The summed E-state index contributed by atoms with van der Waals surface area (Å²) in [7, 11) is 0. The molecule has 0 rings (SSSR count). The van der Waals surface area contributed by atoms with Crippen molar-refractivity contribution < 1.29 is 79.4 Å². The lowest BCUT2D eigenvalue weighted by molar-refractivity contribution is -0.462. The molecule has 0 radical (unpaired) electrons. The van der Waals surface area contributed by atoms with Gasteiger partial charge in [0, 0.05) is 13.0 Å². The van der Waals surface area contributed by atoms with Gasteiger partial charge in [-0.05, 0) is 6.92 Å². The number of alkyl halides is 17. The van der Waals surface area contributed by atoms with Crippen LogP contribution < -0.4 is 0 Å². The van der Waals surface area contributed by atoms with E-state index in [-0.39, 0.29) is 0 Å². The average Bonchev–Trinajstić information content (AvgIpc) is 2.52. The largest absolute Gasteiger partial charge is 0.460 e. The average molecular weight is 492 g/mol. The minimum atomic E-state index is -8.60. The molecule has 0 atom stereocenters. The number of ether oxygens (including phenoxy) is 1. The van der Waals surface area contributed by atoms with Gasteiger partial charge in [-0.25, -0.2) is 0 Å². The van der Waals surface area contributed by atoms with Crippen molar-refractivity contribution in [2.75, 3.05) is 13.2 Å². The molecule has 0 aliphatic heterocycles. The third kappa shape index (κ3) is 3.87. The molecule has 0 N–H and O–H groups in total. The second-order valence-corrected chi connectivity index (χ2v) is 5.60. The van der Waals surface area contributed by atoms with Gasteiger partial charge in [0.15, 0.2) is 0 Å². The first-order chi connectivity index (χ1) is 12.8. The van der Waals surface area contributed by atoms with Gasteiger partial charge < -0.3 is 4.74 Å². The van der Waals surface area contributed by atoms with Crippen LogP contribution in [-0.4, -0.2) is 60.8 Å². The van der Waals surface area contributed by atoms with Gasteiger partial charge in [0.1, 0.15) is 0 Å². The number of hydrogen-bond donors (Lipinski definition) is 0. The van der Waals surface area contributed by atoms with Crippen molar-refractivity contribution in [2.45, 2.75) is 61.0 Å². The van der Waals surface area contributed by atoms with Crippen LogP contribution in [0.15, 0.2) is 0 Å². The first-order valence-corrected chi connectivity index (χ1v) is 7.10. The fraction of sp³-hybridized carbons (Fsp3) is 1.00. The minimum absolute atomic E-state index is 0.523. The van der Waals surface area contributed by atoms with E-state index in [1.165, 1.54) is 0 Å². The summed E-state index contributed by atoms with van der Waals surface area (Å²) in [5.74, 6) is -56.0. The van der Waals surface area contributed by atoms with Crippen molar-refractivity contribution in [1.82, 2.24) is 0 Å². The number of hydrogen-bond acceptors (Lipinski definition) is 1. The summed E-state index contributed by atoms with van der Waals surface area (Å²) in [6.07, 6.45) is -10.3. The Morgan fingerprint density at radius 2 is 0.767 bits per heavy atom. The monoisotopic (exact) mass is 492 g/mol. The number of halogens is 17. The van der Waals surface area contributed by atoms with Crippen molar-refractivity contribution in [3.05, 3.63) is 0 Å². The Kier molecular flexibility index (Phi) is 7.40. The Hall–Kier alpha value is -1.23. The van der Waals surface area contributed by atoms with E-state index in [0.29, 0.717) is 0 Å². The highest BCUT2D eigenvalue weighted by molar-refractivity contribution is 5.15. The Morgan fingerprint density at radius 1 is 0.467 bits per heavy atom. The van der Waals surface area contributed by atoms with E-state index >= 15 is 0 Å². The highest BCUT2D eigenvalue weighted by Gasteiger charge is 2.95. The SMILES string of the molecule is CCOCCC(F)(F)C(F)(F)C(F)(F)C(F)(F)C(F)(F)C(F)(F)C(F)(F)C(F)(F)F. The lowest BCUT2D eigenvalue weighted by atomic mass is 9.88. The van der Waals surface area contributed by atoms with Crippen LogP contribution >= 0.6 is 0 Å². The topological polar surface area (TPSA) is 9.23 Å². The Balaban J connectivity index is 6.48. The molecule has 0 bridgehead atoms. The van der Waals surface area contributed by atoms with E-state index in [1.807, 2.05) is 0 Å². The molecule has 0 unspecified atom stereocenters. The molecule has 0 aliphatic rings. The first-order valence-electron chi connectivity index (χ1n) is 7.10. The molecule has 18 heteroatoms. The van der Waals surface area contributed by atoms with Crippen LogP contribution in [0.1, 0.15) is 13.3 Å². The molecule has 182 valence electrons. The molecule has 0 saturated heterocycles. The van der Waals surface area contributed by atoms with Gasteiger partial charge in [-0.2, -0.15) is 74.6 Å². The van der Waals surface area contributed by atoms with Gasteiger partial charge in [-0.1, -0.05) is 0 Å². The summed E-state index contributed by atoms with van der Waals surface area (Å²) in [5.41, 5.74) is 0. The zero-order valence-electron chi connectivity index (χ0n) is 14.0. The molecule has 1 nitrogen and oxygen atoms in total. The lowest BCUT2D eigenvalue weighted by Crippen LogP contribution is -2.74. The molecule has 0 aliphatic carbocycles. The molecule has 0 fully saturated rings. The predicted octanol–water partition coefficient (Wildman–Crippen LogP) is 6.42. The highest BCUT2D eigenvalue weighted by Crippen LogP contribution is 2.64. The molecule has 0 aromatic heterocycles. The second-order valence-electron chi connectivity index (χ2n) is 5.60. The van der Waals surface area contributed by atoms with Crippen LogP contribution in [0.2, 0.25) is 0 Å². The van der Waals surface area contributed by atoms with Crippen LogP contribution in [0.25, 0.3) is 0 Å². The summed E-state index contributed by atoms with van der Waals surface area (Å²) >= 11 is 0. The molecule has 0 aromatic rings. The maximum absolute atomic E-state index is 13.3. The predicted molar refractivity (Wildman–Crippen MR) is 61.8 cm³/mol. The van der Waals surface area contributed by atoms with Crippen LogP contribution in [0, 0.1) is 0 Å². The van der Waals surface area contributed by atoms with Crippen molar-refractivity contribution in [1.29, 1.82) is 0 Å². The second kappa shape index (κ2) is 7.72. The summed E-state index contributed by atoms with van der Waals surface area (Å²) < 4.78 is 223. The van der Waals surface area contributed by atoms with Crippen molar-refractivity contribution in [3.63, 3.8) is 0 Å². The van der Waals surface area contributed by atoms with Crippen molar-refractivity contribution in [3.8, 4) is 0 Å². The summed E-state index contributed by atoms with van der Waals surface area (Å²) in [6.45, 7) is -1.05. The standard InChI is InChI=1S/C12H9F17O/c1-2-30-4-3-5(13,14)6(15,16)7(17,18)8(19,20)9(21,22)10(23,24)11(25,26)12(27,28)29/h2-4H2,1H3. The molecule has 0 saturated carbocycles. The minimum Gasteiger partial charge on any atom is -0.382 e. The molecule has 0 spiro atoms. The zero-order valence-corrected chi connectivity index (χ0v) is 14.0. The van der Waals surface area contributed by atoms with Crippen LogP contribution in [0.5, 0.6) is 0 Å². The maximum Gasteiger partial charge on any atom is 0.460 e. The molecular weight excluding hydrogens is 483 g/mol. The van der Waals surface area contributed by atoms with Crippen LogP contribution in [-0.2, 0) is 4.74 Å². The number of rotatable bonds is 10.